The van der Waals surface area contributed by atoms with Gasteiger partial charge in [0.1, 0.15) is 38.5 Å². The van der Waals surface area contributed by atoms with Crippen molar-refractivity contribution in [3.63, 3.8) is 0 Å². The van der Waals surface area contributed by atoms with E-state index in [2.05, 4.69) is 21.5 Å². The van der Waals surface area contributed by atoms with Crippen molar-refractivity contribution in [2.75, 3.05) is 26.2 Å². The first-order chi connectivity index (χ1) is 13.2. The summed E-state index contributed by atoms with van der Waals surface area (Å²) in [6.45, 7) is 6.01. The van der Waals surface area contributed by atoms with E-state index < -0.39 is 0 Å². The summed E-state index contributed by atoms with van der Waals surface area (Å²) in [6.07, 6.45) is 0. The number of nitrogens with zero attached hydrogens (tertiary/aromatic N) is 4. The third-order valence-corrected chi connectivity index (χ3v) is 5.16. The van der Waals surface area contributed by atoms with Crippen LogP contribution < -0.4 is 9.80 Å². The molecular weight excluding hydrogens is 367 g/mol. The van der Waals surface area contributed by atoms with Gasteiger partial charge in [-0.15, -0.1) is 15.0 Å². The van der Waals surface area contributed by atoms with Gasteiger partial charge in [-0.1, -0.05) is 23.7 Å². The van der Waals surface area contributed by atoms with Crippen LogP contribution >= 0.6 is 11.6 Å². The maximum atomic E-state index is 13.0. The van der Waals surface area contributed by atoms with Crippen molar-refractivity contribution >= 4 is 11.6 Å². The van der Waals surface area contributed by atoms with Gasteiger partial charge < -0.3 is 9.80 Å². The van der Waals surface area contributed by atoms with Gasteiger partial charge in [-0.25, -0.2) is 4.39 Å². The van der Waals surface area contributed by atoms with Crippen LogP contribution in [0.25, 0.3) is 11.4 Å². The molecule has 1 aromatic heterocycles. The van der Waals surface area contributed by atoms with E-state index in [1.54, 1.807) is 21.8 Å². The second-order valence-electron chi connectivity index (χ2n) is 6.96. The van der Waals surface area contributed by atoms with Gasteiger partial charge in [-0.05, 0) is 41.6 Å². The Morgan fingerprint density at radius 2 is 1.74 bits per heavy atom. The predicted octanol–water partition coefficient (Wildman–Crippen LogP) is 0.0737. The Labute approximate surface area is 162 Å². The summed E-state index contributed by atoms with van der Waals surface area (Å²) in [4.78, 5) is 4.64. The lowest BCUT2D eigenvalue weighted by molar-refractivity contribution is -1.03. The monoisotopic (exact) mass is 388 g/mol. The fourth-order valence-electron chi connectivity index (χ4n) is 3.45. The van der Waals surface area contributed by atoms with Gasteiger partial charge in [0.05, 0.1) is 0 Å². The zero-order valence-electron chi connectivity index (χ0n) is 14.9. The van der Waals surface area contributed by atoms with E-state index in [1.807, 2.05) is 18.2 Å². The molecule has 1 fully saturated rings. The molecule has 2 N–H and O–H groups in total. The Bertz CT molecular complexity index is 889. The molecule has 0 unspecified atom stereocenters. The number of rotatable bonds is 5. The van der Waals surface area contributed by atoms with E-state index in [-0.39, 0.29) is 5.82 Å². The quantitative estimate of drug-likeness (QED) is 0.650. The van der Waals surface area contributed by atoms with Gasteiger partial charge in [0.2, 0.25) is 5.82 Å². The molecule has 4 rings (SSSR count). The molecule has 1 aliphatic rings. The summed E-state index contributed by atoms with van der Waals surface area (Å²) < 4.78 is 13.0. The lowest BCUT2D eigenvalue weighted by Crippen LogP contribution is -3.27. The van der Waals surface area contributed by atoms with Crippen molar-refractivity contribution in [3.05, 3.63) is 64.9 Å². The van der Waals surface area contributed by atoms with Crippen molar-refractivity contribution in [1.82, 2.24) is 20.2 Å². The summed E-state index contributed by atoms with van der Waals surface area (Å²) in [5, 5.41) is 13.5. The molecule has 1 aliphatic heterocycles. The number of hydrogen-bond donors (Lipinski definition) is 2. The molecule has 0 spiro atoms. The zero-order valence-corrected chi connectivity index (χ0v) is 15.7. The molecule has 0 saturated carbocycles. The third kappa shape index (κ3) is 4.68. The first-order valence-corrected chi connectivity index (χ1v) is 9.49. The topological polar surface area (TPSA) is 52.5 Å². The number of hydrogen-bond acceptors (Lipinski definition) is 3. The standard InChI is InChI=1S/C19H20ClFN6/c20-17-3-1-2-15(12-17)13-25-8-10-26(11-9-25)14-27-23-19(22-24-27)16-4-6-18(21)7-5-16/h1-7,12H,8-11,13-14H2/p+2. The van der Waals surface area contributed by atoms with Crippen molar-refractivity contribution in [3.8, 4) is 11.4 Å². The van der Waals surface area contributed by atoms with Gasteiger partial charge in [-0.3, -0.25) is 0 Å². The molecule has 0 radical (unpaired) electrons. The minimum absolute atomic E-state index is 0.270. The Kier molecular flexibility index (Phi) is 5.42. The van der Waals surface area contributed by atoms with Crippen LogP contribution in [0.15, 0.2) is 48.5 Å². The van der Waals surface area contributed by atoms with Gasteiger partial charge in [0.25, 0.3) is 0 Å². The molecule has 2 aromatic carbocycles. The molecule has 140 valence electrons. The molecule has 2 heterocycles. The summed E-state index contributed by atoms with van der Waals surface area (Å²) in [6, 6.07) is 14.2. The van der Waals surface area contributed by atoms with E-state index in [0.29, 0.717) is 12.5 Å². The molecule has 8 heteroatoms. The van der Waals surface area contributed by atoms with Gasteiger partial charge in [0.15, 0.2) is 6.67 Å². The second kappa shape index (κ2) is 8.12. The van der Waals surface area contributed by atoms with Gasteiger partial charge >= 0.3 is 0 Å². The van der Waals surface area contributed by atoms with Gasteiger partial charge in [0, 0.05) is 16.1 Å². The normalized spacial score (nSPS) is 19.9. The summed E-state index contributed by atoms with van der Waals surface area (Å²) in [7, 11) is 0. The molecule has 6 nitrogen and oxygen atoms in total. The molecular formula is C19H22ClFN6+2. The second-order valence-corrected chi connectivity index (χ2v) is 7.39. The highest BCUT2D eigenvalue weighted by molar-refractivity contribution is 6.30. The molecule has 0 bridgehead atoms. The minimum Gasteiger partial charge on any atom is -0.322 e. The number of piperazine rings is 1. The van der Waals surface area contributed by atoms with Crippen molar-refractivity contribution in [2.45, 2.75) is 13.2 Å². The van der Waals surface area contributed by atoms with Crippen LogP contribution in [0, 0.1) is 5.82 Å². The van der Waals surface area contributed by atoms with Crippen molar-refractivity contribution < 1.29 is 14.2 Å². The molecule has 3 aromatic rings. The fourth-order valence-corrected chi connectivity index (χ4v) is 3.67. The molecule has 27 heavy (non-hydrogen) atoms. The van der Waals surface area contributed by atoms with Crippen molar-refractivity contribution in [2.24, 2.45) is 0 Å². The van der Waals surface area contributed by atoms with E-state index in [0.717, 1.165) is 43.3 Å². The van der Waals surface area contributed by atoms with Crippen LogP contribution in [-0.2, 0) is 13.2 Å². The highest BCUT2D eigenvalue weighted by Crippen LogP contribution is 2.13. The minimum atomic E-state index is -0.270. The number of nitrogens with one attached hydrogen (secondary N) is 2. The smallest absolute Gasteiger partial charge is 0.205 e. The van der Waals surface area contributed by atoms with E-state index >= 15 is 0 Å². The Balaban J connectivity index is 1.30. The molecule has 0 amide bonds. The molecule has 1 saturated heterocycles. The lowest BCUT2D eigenvalue weighted by Gasteiger charge is -2.29. The maximum Gasteiger partial charge on any atom is 0.205 e. The average Bonchev–Trinajstić information content (AvgIpc) is 3.12. The summed E-state index contributed by atoms with van der Waals surface area (Å²) in [5.41, 5.74) is 2.05. The Morgan fingerprint density at radius 1 is 1.00 bits per heavy atom. The summed E-state index contributed by atoms with van der Waals surface area (Å²) in [5.74, 6) is 0.258. The lowest BCUT2D eigenvalue weighted by atomic mass is 10.2. The molecule has 0 atom stereocenters. The first kappa shape index (κ1) is 18.0. The van der Waals surface area contributed by atoms with Gasteiger partial charge in [-0.2, -0.15) is 0 Å². The van der Waals surface area contributed by atoms with Crippen LogP contribution in [0.4, 0.5) is 4.39 Å². The largest absolute Gasteiger partial charge is 0.322 e. The SMILES string of the molecule is Fc1ccc(-c2nnn(C[NH+]3CC[NH+](Cc4cccc(Cl)c4)CC3)n2)cc1. The van der Waals surface area contributed by atoms with Crippen LogP contribution in [0.5, 0.6) is 0 Å². The number of tetrazole rings is 1. The van der Waals surface area contributed by atoms with Crippen molar-refractivity contribution in [1.29, 1.82) is 0 Å². The van der Waals surface area contributed by atoms with Crippen LogP contribution in [-0.4, -0.2) is 46.4 Å². The van der Waals surface area contributed by atoms with E-state index in [1.165, 1.54) is 22.6 Å². The average molecular weight is 389 g/mol. The Hall–Kier alpha value is -2.35. The predicted molar refractivity (Wildman–Crippen MR) is 99.8 cm³/mol. The third-order valence-electron chi connectivity index (χ3n) is 4.93. The number of halogens is 2. The summed E-state index contributed by atoms with van der Waals surface area (Å²) >= 11 is 6.08. The van der Waals surface area contributed by atoms with Crippen LogP contribution in [0.1, 0.15) is 5.56 Å². The van der Waals surface area contributed by atoms with E-state index in [4.69, 9.17) is 11.6 Å². The fraction of sp³-hybridized carbons (Fsp3) is 0.316. The number of aromatic nitrogens is 4. The first-order valence-electron chi connectivity index (χ1n) is 9.11. The molecule has 0 aliphatic carbocycles. The van der Waals surface area contributed by atoms with Crippen LogP contribution in [0.2, 0.25) is 5.02 Å². The zero-order chi connectivity index (χ0) is 18.6. The maximum absolute atomic E-state index is 13.0. The highest BCUT2D eigenvalue weighted by atomic mass is 35.5. The number of quaternary nitrogens is 2. The highest BCUT2D eigenvalue weighted by Gasteiger charge is 2.24. The van der Waals surface area contributed by atoms with E-state index in [9.17, 15) is 4.39 Å². The Morgan fingerprint density at radius 3 is 2.48 bits per heavy atom. The number of benzene rings is 2. The van der Waals surface area contributed by atoms with Crippen LogP contribution in [0.3, 0.4) is 0 Å².